The number of para-hydroxylation sites is 2. The molecule has 3 N–H and O–H groups in total. The van der Waals surface area contributed by atoms with Crippen LogP contribution in [0.5, 0.6) is 0 Å². The highest BCUT2D eigenvalue weighted by molar-refractivity contribution is 7.13. The summed E-state index contributed by atoms with van der Waals surface area (Å²) in [7, 11) is 0. The van der Waals surface area contributed by atoms with Gasteiger partial charge in [-0.1, -0.05) is 19.1 Å². The number of aromatic nitrogens is 3. The van der Waals surface area contributed by atoms with Crippen LogP contribution in [0, 0.1) is 0 Å². The molecule has 0 radical (unpaired) electrons. The van der Waals surface area contributed by atoms with Gasteiger partial charge in [-0.05, 0) is 25.0 Å². The van der Waals surface area contributed by atoms with E-state index < -0.39 is 0 Å². The van der Waals surface area contributed by atoms with Crippen LogP contribution in [0.2, 0.25) is 0 Å². The predicted octanol–water partition coefficient (Wildman–Crippen LogP) is 2.78. The van der Waals surface area contributed by atoms with E-state index in [0.29, 0.717) is 24.6 Å². The van der Waals surface area contributed by atoms with Crippen molar-refractivity contribution in [3.05, 3.63) is 41.2 Å². The second-order valence-electron chi connectivity index (χ2n) is 5.90. The number of carbonyl (C=O) groups excluding carboxylic acids is 1. The van der Waals surface area contributed by atoms with Crippen LogP contribution in [0.1, 0.15) is 31.3 Å². The van der Waals surface area contributed by atoms with Gasteiger partial charge in [-0.15, -0.1) is 11.3 Å². The molecule has 0 aliphatic heterocycles. The fourth-order valence-electron chi connectivity index (χ4n) is 2.88. The molecule has 0 saturated heterocycles. The van der Waals surface area contributed by atoms with Gasteiger partial charge < -0.3 is 15.6 Å². The Labute approximate surface area is 151 Å². The van der Waals surface area contributed by atoms with Gasteiger partial charge in [0.1, 0.15) is 5.82 Å². The maximum atomic E-state index is 12.1. The zero-order valence-corrected chi connectivity index (χ0v) is 15.2. The first kappa shape index (κ1) is 17.4. The van der Waals surface area contributed by atoms with Gasteiger partial charge in [-0.2, -0.15) is 0 Å². The SMILES string of the molecule is CCc1nc2ccccc2n1CCC(=O)NCCCc1csc(N)n1. The van der Waals surface area contributed by atoms with Crippen molar-refractivity contribution in [3.8, 4) is 0 Å². The molecular weight excluding hydrogens is 334 g/mol. The summed E-state index contributed by atoms with van der Waals surface area (Å²) in [6.07, 6.45) is 3.01. The Balaban J connectivity index is 1.47. The molecule has 132 valence electrons. The highest BCUT2D eigenvalue weighted by atomic mass is 32.1. The highest BCUT2D eigenvalue weighted by Crippen LogP contribution is 2.17. The summed E-state index contributed by atoms with van der Waals surface area (Å²) in [5.41, 5.74) is 8.68. The van der Waals surface area contributed by atoms with Gasteiger partial charge in [-0.3, -0.25) is 4.79 Å². The number of thiazole rings is 1. The lowest BCUT2D eigenvalue weighted by Gasteiger charge is -2.09. The van der Waals surface area contributed by atoms with E-state index in [1.807, 2.05) is 23.6 Å². The number of nitrogens with one attached hydrogen (secondary N) is 1. The molecule has 1 aromatic carbocycles. The van der Waals surface area contributed by atoms with Gasteiger partial charge in [-0.25, -0.2) is 9.97 Å². The first-order valence-corrected chi connectivity index (χ1v) is 9.46. The fraction of sp³-hybridized carbons (Fsp3) is 0.389. The third-order valence-corrected chi connectivity index (χ3v) is 4.84. The molecule has 6 nitrogen and oxygen atoms in total. The lowest BCUT2D eigenvalue weighted by Crippen LogP contribution is -2.26. The number of rotatable bonds is 8. The highest BCUT2D eigenvalue weighted by Gasteiger charge is 2.10. The predicted molar refractivity (Wildman–Crippen MR) is 102 cm³/mol. The first-order chi connectivity index (χ1) is 12.2. The molecule has 0 bridgehead atoms. The van der Waals surface area contributed by atoms with Crippen LogP contribution < -0.4 is 11.1 Å². The van der Waals surface area contributed by atoms with Crippen molar-refractivity contribution < 1.29 is 4.79 Å². The first-order valence-electron chi connectivity index (χ1n) is 8.58. The minimum Gasteiger partial charge on any atom is -0.375 e. The van der Waals surface area contributed by atoms with Gasteiger partial charge in [0.25, 0.3) is 0 Å². The number of aryl methyl sites for hydroxylation is 3. The standard InChI is InChI=1S/C18H23N5OS/c1-2-16-22-14-7-3-4-8-15(14)23(16)11-9-17(24)20-10-5-6-13-12-25-18(19)21-13/h3-4,7-8,12H,2,5-6,9-11H2,1H3,(H2,19,21)(H,20,24). The quantitative estimate of drug-likeness (QED) is 0.607. The lowest BCUT2D eigenvalue weighted by molar-refractivity contribution is -0.121. The summed E-state index contributed by atoms with van der Waals surface area (Å²) in [5, 5.41) is 5.54. The number of anilines is 1. The number of carbonyl (C=O) groups is 1. The number of hydrogen-bond acceptors (Lipinski definition) is 5. The second-order valence-corrected chi connectivity index (χ2v) is 6.79. The summed E-state index contributed by atoms with van der Waals surface area (Å²) >= 11 is 1.45. The molecule has 0 atom stereocenters. The molecular formula is C18H23N5OS. The van der Waals surface area contributed by atoms with Crippen molar-refractivity contribution in [2.75, 3.05) is 12.3 Å². The summed E-state index contributed by atoms with van der Waals surface area (Å²) in [4.78, 5) is 21.0. The van der Waals surface area contributed by atoms with Gasteiger partial charge in [0.15, 0.2) is 5.13 Å². The monoisotopic (exact) mass is 357 g/mol. The van der Waals surface area contributed by atoms with Gasteiger partial charge in [0.05, 0.1) is 16.7 Å². The topological polar surface area (TPSA) is 85.8 Å². The van der Waals surface area contributed by atoms with E-state index in [4.69, 9.17) is 5.73 Å². The Hall–Kier alpha value is -2.41. The summed E-state index contributed by atoms with van der Waals surface area (Å²) in [5.74, 6) is 1.09. The third-order valence-electron chi connectivity index (χ3n) is 4.11. The Kier molecular flexibility index (Phi) is 5.65. The number of amides is 1. The van der Waals surface area contributed by atoms with E-state index in [0.717, 1.165) is 41.8 Å². The van der Waals surface area contributed by atoms with Crippen LogP contribution in [0.25, 0.3) is 11.0 Å². The third kappa shape index (κ3) is 4.36. The van der Waals surface area contributed by atoms with Crippen molar-refractivity contribution in [1.29, 1.82) is 0 Å². The molecule has 0 aliphatic rings. The van der Waals surface area contributed by atoms with Gasteiger partial charge in [0.2, 0.25) is 5.91 Å². The minimum absolute atomic E-state index is 0.0672. The molecule has 0 fully saturated rings. The molecule has 0 unspecified atom stereocenters. The van der Waals surface area contributed by atoms with Crippen molar-refractivity contribution >= 4 is 33.4 Å². The average Bonchev–Trinajstić information content (AvgIpc) is 3.19. The number of fused-ring (bicyclic) bond motifs is 1. The second kappa shape index (κ2) is 8.11. The maximum Gasteiger partial charge on any atom is 0.221 e. The molecule has 7 heteroatoms. The van der Waals surface area contributed by atoms with E-state index in [1.54, 1.807) is 0 Å². The van der Waals surface area contributed by atoms with Crippen LogP contribution in [-0.2, 0) is 24.2 Å². The molecule has 2 heterocycles. The number of hydrogen-bond donors (Lipinski definition) is 2. The summed E-state index contributed by atoms with van der Waals surface area (Å²) < 4.78 is 2.15. The lowest BCUT2D eigenvalue weighted by atomic mass is 10.2. The fourth-order valence-corrected chi connectivity index (χ4v) is 3.48. The molecule has 2 aromatic heterocycles. The normalized spacial score (nSPS) is 11.1. The van der Waals surface area contributed by atoms with Gasteiger partial charge >= 0.3 is 0 Å². The number of benzene rings is 1. The van der Waals surface area contributed by atoms with E-state index >= 15 is 0 Å². The Morgan fingerprint density at radius 2 is 2.16 bits per heavy atom. The van der Waals surface area contributed by atoms with E-state index in [-0.39, 0.29) is 5.91 Å². The molecule has 0 saturated carbocycles. The largest absolute Gasteiger partial charge is 0.375 e. The van der Waals surface area contributed by atoms with Crippen LogP contribution in [0.15, 0.2) is 29.6 Å². The minimum atomic E-state index is 0.0672. The van der Waals surface area contributed by atoms with Crippen LogP contribution in [0.3, 0.4) is 0 Å². The van der Waals surface area contributed by atoms with Crippen molar-refractivity contribution in [2.24, 2.45) is 0 Å². The van der Waals surface area contributed by atoms with E-state index in [2.05, 4.69) is 32.8 Å². The molecule has 25 heavy (non-hydrogen) atoms. The van der Waals surface area contributed by atoms with Crippen molar-refractivity contribution in [1.82, 2.24) is 19.9 Å². The number of nitrogens with two attached hydrogens (primary N) is 1. The number of nitrogens with zero attached hydrogens (tertiary/aromatic N) is 3. The molecule has 3 rings (SSSR count). The molecule has 0 aliphatic carbocycles. The zero-order valence-electron chi connectivity index (χ0n) is 14.4. The van der Waals surface area contributed by atoms with Crippen LogP contribution in [0.4, 0.5) is 5.13 Å². The molecule has 3 aromatic rings. The smallest absolute Gasteiger partial charge is 0.221 e. The Morgan fingerprint density at radius 3 is 2.92 bits per heavy atom. The summed E-state index contributed by atoms with van der Waals surface area (Å²) in [6.45, 7) is 3.39. The van der Waals surface area contributed by atoms with Crippen LogP contribution >= 0.6 is 11.3 Å². The number of imidazole rings is 1. The number of nitrogen functional groups attached to an aromatic ring is 1. The average molecular weight is 357 g/mol. The molecule has 0 spiro atoms. The molecule has 1 amide bonds. The van der Waals surface area contributed by atoms with E-state index in [1.165, 1.54) is 11.3 Å². The zero-order chi connectivity index (χ0) is 17.6. The van der Waals surface area contributed by atoms with E-state index in [9.17, 15) is 4.79 Å². The van der Waals surface area contributed by atoms with Crippen molar-refractivity contribution in [3.63, 3.8) is 0 Å². The van der Waals surface area contributed by atoms with Crippen molar-refractivity contribution in [2.45, 2.75) is 39.2 Å². The Morgan fingerprint density at radius 1 is 1.32 bits per heavy atom. The van der Waals surface area contributed by atoms with Crippen LogP contribution in [-0.4, -0.2) is 27.0 Å². The Bertz CT molecular complexity index is 854. The maximum absolute atomic E-state index is 12.1. The summed E-state index contributed by atoms with van der Waals surface area (Å²) in [6, 6.07) is 8.06. The van der Waals surface area contributed by atoms with Gasteiger partial charge in [0, 0.05) is 31.3 Å².